The van der Waals surface area contributed by atoms with E-state index in [-0.39, 0.29) is 35.2 Å². The van der Waals surface area contributed by atoms with E-state index in [1.807, 2.05) is 6.92 Å². The summed E-state index contributed by atoms with van der Waals surface area (Å²) in [6.07, 6.45) is 0.941. The predicted octanol–water partition coefficient (Wildman–Crippen LogP) is 3.35. The smallest absolute Gasteiger partial charge is 0.332 e. The van der Waals surface area contributed by atoms with Crippen LogP contribution in [-0.4, -0.2) is 26.7 Å². The van der Waals surface area contributed by atoms with E-state index in [0.717, 1.165) is 0 Å². The molecular formula is C20H19NO5. The maximum Gasteiger partial charge on any atom is 0.332 e. The summed E-state index contributed by atoms with van der Waals surface area (Å²) in [5.74, 6) is -1.38. The Balaban J connectivity index is 2.13. The first-order valence-electron chi connectivity index (χ1n) is 8.32. The van der Waals surface area contributed by atoms with Crippen LogP contribution in [-0.2, 0) is 4.79 Å². The third-order valence-electron chi connectivity index (χ3n) is 4.17. The molecule has 6 heteroatoms. The molecule has 0 bridgehead atoms. The summed E-state index contributed by atoms with van der Waals surface area (Å²) in [6, 6.07) is 11.1. The summed E-state index contributed by atoms with van der Waals surface area (Å²) < 4.78 is 1.38. The molecule has 0 atom stereocenters. The Labute approximate surface area is 150 Å². The van der Waals surface area contributed by atoms with E-state index in [1.165, 1.54) is 22.9 Å². The van der Waals surface area contributed by atoms with E-state index in [9.17, 15) is 19.8 Å². The fourth-order valence-electron chi connectivity index (χ4n) is 2.90. The van der Waals surface area contributed by atoms with Gasteiger partial charge in [-0.25, -0.2) is 4.79 Å². The maximum atomic E-state index is 13.0. The summed E-state index contributed by atoms with van der Waals surface area (Å²) >= 11 is 0. The Morgan fingerprint density at radius 2 is 1.81 bits per heavy atom. The third kappa shape index (κ3) is 3.01. The quantitative estimate of drug-likeness (QED) is 0.542. The number of aromatic nitrogens is 1. The fourth-order valence-corrected chi connectivity index (χ4v) is 2.90. The third-order valence-corrected chi connectivity index (χ3v) is 4.17. The van der Waals surface area contributed by atoms with Gasteiger partial charge in [-0.05, 0) is 37.6 Å². The number of benzene rings is 2. The van der Waals surface area contributed by atoms with Gasteiger partial charge in [-0.1, -0.05) is 25.1 Å². The highest BCUT2D eigenvalue weighted by Crippen LogP contribution is 2.30. The number of phenolic OH excluding ortho intramolecular Hbond substituents is 2. The van der Waals surface area contributed by atoms with Crippen molar-refractivity contribution in [1.82, 2.24) is 4.73 Å². The molecule has 3 rings (SSSR count). The average Bonchev–Trinajstić information content (AvgIpc) is 2.89. The molecule has 0 saturated heterocycles. The van der Waals surface area contributed by atoms with Gasteiger partial charge < -0.3 is 15.1 Å². The number of hydrogen-bond donors (Lipinski definition) is 2. The molecule has 1 heterocycles. The molecule has 1 aromatic heterocycles. The minimum atomic E-state index is -0.377. The first kappa shape index (κ1) is 17.5. The molecule has 6 nitrogen and oxygen atoms in total. The van der Waals surface area contributed by atoms with Gasteiger partial charge in [0.25, 0.3) is 0 Å². The highest BCUT2D eigenvalue weighted by atomic mass is 16.7. The summed E-state index contributed by atoms with van der Waals surface area (Å²) in [7, 11) is 0. The van der Waals surface area contributed by atoms with Gasteiger partial charge in [0.1, 0.15) is 0 Å². The standard InChI is InChI=1S/C20H19NO5/c1-3-6-18(24)26-21-12(2)19(14-7-4-5-8-15(14)21)20(25)13-9-10-16(22)17(23)11-13/h4-5,7-11,22-23H,3,6H2,1-2H3. The molecule has 0 aliphatic carbocycles. The summed E-state index contributed by atoms with van der Waals surface area (Å²) in [6.45, 7) is 3.58. The number of rotatable bonds is 5. The largest absolute Gasteiger partial charge is 0.504 e. The second-order valence-corrected chi connectivity index (χ2v) is 6.02. The number of carbonyl (C=O) groups excluding carboxylic acids is 2. The molecule has 0 radical (unpaired) electrons. The zero-order chi connectivity index (χ0) is 18.8. The number of phenols is 2. The highest BCUT2D eigenvalue weighted by molar-refractivity contribution is 6.17. The molecule has 3 aromatic rings. The molecule has 0 unspecified atom stereocenters. The normalized spacial score (nSPS) is 10.8. The lowest BCUT2D eigenvalue weighted by Gasteiger charge is -2.08. The van der Waals surface area contributed by atoms with Crippen LogP contribution in [0.4, 0.5) is 0 Å². The first-order chi connectivity index (χ1) is 12.4. The molecule has 0 aliphatic heterocycles. The van der Waals surface area contributed by atoms with Crippen LogP contribution >= 0.6 is 0 Å². The van der Waals surface area contributed by atoms with Crippen LogP contribution < -0.4 is 4.84 Å². The molecule has 26 heavy (non-hydrogen) atoms. The minimum Gasteiger partial charge on any atom is -0.504 e. The van der Waals surface area contributed by atoms with Crippen molar-refractivity contribution in [3.05, 3.63) is 59.3 Å². The minimum absolute atomic E-state index is 0.228. The monoisotopic (exact) mass is 353 g/mol. The summed E-state index contributed by atoms with van der Waals surface area (Å²) in [5.41, 5.74) is 1.72. The lowest BCUT2D eigenvalue weighted by Crippen LogP contribution is -2.20. The zero-order valence-corrected chi connectivity index (χ0v) is 14.5. The average molecular weight is 353 g/mol. The van der Waals surface area contributed by atoms with E-state index in [0.29, 0.717) is 28.6 Å². The Bertz CT molecular complexity index is 1000. The number of fused-ring (bicyclic) bond motifs is 1. The Morgan fingerprint density at radius 3 is 2.50 bits per heavy atom. The predicted molar refractivity (Wildman–Crippen MR) is 96.4 cm³/mol. The van der Waals surface area contributed by atoms with Crippen molar-refractivity contribution in [2.75, 3.05) is 0 Å². The Hall–Kier alpha value is -3.28. The van der Waals surface area contributed by atoms with Gasteiger partial charge in [-0.2, -0.15) is 4.73 Å². The van der Waals surface area contributed by atoms with Crippen molar-refractivity contribution in [3.8, 4) is 11.5 Å². The van der Waals surface area contributed by atoms with E-state index in [1.54, 1.807) is 31.2 Å². The van der Waals surface area contributed by atoms with Crippen molar-refractivity contribution in [3.63, 3.8) is 0 Å². The molecule has 0 aliphatic rings. The number of hydrogen-bond acceptors (Lipinski definition) is 5. The SMILES string of the molecule is CCCC(=O)On1c(C)c(C(=O)c2ccc(O)c(O)c2)c2ccccc21. The van der Waals surface area contributed by atoms with Crippen LogP contribution in [0.2, 0.25) is 0 Å². The van der Waals surface area contributed by atoms with Crippen LogP contribution in [0.5, 0.6) is 11.5 Å². The van der Waals surface area contributed by atoms with Crippen molar-refractivity contribution < 1.29 is 24.6 Å². The molecular weight excluding hydrogens is 334 g/mol. The van der Waals surface area contributed by atoms with Crippen molar-refractivity contribution >= 4 is 22.7 Å². The van der Waals surface area contributed by atoms with Gasteiger partial charge >= 0.3 is 5.97 Å². The van der Waals surface area contributed by atoms with E-state index < -0.39 is 0 Å². The van der Waals surface area contributed by atoms with Gasteiger partial charge in [0.15, 0.2) is 17.3 Å². The number of nitrogens with zero attached hydrogens (tertiary/aromatic N) is 1. The molecule has 0 saturated carbocycles. The first-order valence-corrected chi connectivity index (χ1v) is 8.32. The van der Waals surface area contributed by atoms with Crippen LogP contribution in [0.25, 0.3) is 10.9 Å². The van der Waals surface area contributed by atoms with Crippen molar-refractivity contribution in [2.45, 2.75) is 26.7 Å². The second kappa shape index (κ2) is 6.92. The van der Waals surface area contributed by atoms with Gasteiger partial charge in [0.05, 0.1) is 16.8 Å². The van der Waals surface area contributed by atoms with E-state index >= 15 is 0 Å². The molecule has 134 valence electrons. The van der Waals surface area contributed by atoms with E-state index in [2.05, 4.69) is 0 Å². The number of ketones is 1. The Kier molecular flexibility index (Phi) is 4.67. The van der Waals surface area contributed by atoms with Crippen LogP contribution in [0.3, 0.4) is 0 Å². The van der Waals surface area contributed by atoms with E-state index in [4.69, 9.17) is 4.84 Å². The lowest BCUT2D eigenvalue weighted by molar-refractivity contribution is -0.143. The topological polar surface area (TPSA) is 88.8 Å². The zero-order valence-electron chi connectivity index (χ0n) is 14.5. The Morgan fingerprint density at radius 1 is 1.08 bits per heavy atom. The van der Waals surface area contributed by atoms with Crippen LogP contribution in [0.1, 0.15) is 41.4 Å². The van der Waals surface area contributed by atoms with Crippen molar-refractivity contribution in [1.29, 1.82) is 0 Å². The second-order valence-electron chi connectivity index (χ2n) is 6.02. The lowest BCUT2D eigenvalue weighted by atomic mass is 10.00. The number of carbonyl (C=O) groups is 2. The maximum absolute atomic E-state index is 13.0. The number of aromatic hydroxyl groups is 2. The fraction of sp³-hybridized carbons (Fsp3) is 0.200. The molecule has 2 N–H and O–H groups in total. The van der Waals surface area contributed by atoms with Gasteiger partial charge in [0, 0.05) is 17.4 Å². The van der Waals surface area contributed by atoms with Gasteiger partial charge in [0.2, 0.25) is 0 Å². The summed E-state index contributed by atoms with van der Waals surface area (Å²) in [5, 5.41) is 19.8. The summed E-state index contributed by atoms with van der Waals surface area (Å²) in [4.78, 5) is 30.4. The van der Waals surface area contributed by atoms with Gasteiger partial charge in [-0.3, -0.25) is 4.79 Å². The molecule has 0 amide bonds. The number of para-hydroxylation sites is 1. The molecule has 0 fully saturated rings. The van der Waals surface area contributed by atoms with Gasteiger partial charge in [-0.15, -0.1) is 0 Å². The van der Waals surface area contributed by atoms with Crippen LogP contribution in [0.15, 0.2) is 42.5 Å². The van der Waals surface area contributed by atoms with Crippen LogP contribution in [0, 0.1) is 6.92 Å². The van der Waals surface area contributed by atoms with Crippen molar-refractivity contribution in [2.24, 2.45) is 0 Å². The highest BCUT2D eigenvalue weighted by Gasteiger charge is 2.23. The molecule has 0 spiro atoms. The molecule has 2 aromatic carbocycles.